The summed E-state index contributed by atoms with van der Waals surface area (Å²) in [4.78, 5) is 20.5. The van der Waals surface area contributed by atoms with E-state index < -0.39 is 0 Å². The molecule has 3 N–H and O–H groups in total. The summed E-state index contributed by atoms with van der Waals surface area (Å²) in [6, 6.07) is 11.9. The molecule has 6 rings (SSSR count). The number of nitrogens with one attached hydrogen (secondary N) is 1. The van der Waals surface area contributed by atoms with Crippen LogP contribution >= 0.6 is 0 Å². The van der Waals surface area contributed by atoms with E-state index in [0.29, 0.717) is 29.8 Å². The van der Waals surface area contributed by atoms with E-state index in [0.717, 1.165) is 48.1 Å². The zero-order chi connectivity index (χ0) is 20.1. The number of nitrogens with zero attached hydrogens (tertiary/aromatic N) is 6. The van der Waals surface area contributed by atoms with Gasteiger partial charge in [0.2, 0.25) is 5.95 Å². The Balaban J connectivity index is 1.39. The lowest BCUT2D eigenvalue weighted by Crippen LogP contribution is -2.44. The molecule has 1 spiro atoms. The summed E-state index contributed by atoms with van der Waals surface area (Å²) in [6.45, 7) is 2.24. The maximum absolute atomic E-state index is 6.26. The van der Waals surface area contributed by atoms with Crippen LogP contribution in [-0.4, -0.2) is 55.4 Å². The number of rotatable bonds is 3. The first-order chi connectivity index (χ1) is 14.7. The molecule has 0 bridgehead atoms. The number of nitrogens with two attached hydrogens (primary N) is 1. The minimum absolute atomic E-state index is 0.0121. The molecule has 2 aliphatic rings. The fourth-order valence-corrected chi connectivity index (χ4v) is 3.95. The number of pyridine rings is 1. The molecule has 1 aliphatic carbocycles. The minimum Gasteiger partial charge on any atom is -0.383 e. The van der Waals surface area contributed by atoms with Gasteiger partial charge in [0.25, 0.3) is 0 Å². The zero-order valence-electron chi connectivity index (χ0n) is 16.2. The van der Waals surface area contributed by atoms with Crippen molar-refractivity contribution >= 4 is 22.8 Å². The van der Waals surface area contributed by atoms with E-state index in [2.05, 4.69) is 25.1 Å². The molecule has 0 atom stereocenters. The van der Waals surface area contributed by atoms with Gasteiger partial charge < -0.3 is 15.4 Å². The van der Waals surface area contributed by atoms with Gasteiger partial charge in [0.05, 0.1) is 23.3 Å². The SMILES string of the molecule is Nc1nc(N2CCOC3(CC3)C2)nc2nc(-c3cccc(-c4ncn[nH]4)c3)ccc12. The number of fused-ring (bicyclic) bond motifs is 1. The second kappa shape index (κ2) is 6.46. The highest BCUT2D eigenvalue weighted by atomic mass is 16.5. The number of benzene rings is 1. The lowest BCUT2D eigenvalue weighted by Gasteiger charge is -2.33. The summed E-state index contributed by atoms with van der Waals surface area (Å²) in [5.41, 5.74) is 9.56. The van der Waals surface area contributed by atoms with Crippen molar-refractivity contribution in [3.8, 4) is 22.6 Å². The molecule has 0 amide bonds. The van der Waals surface area contributed by atoms with Crippen molar-refractivity contribution in [2.75, 3.05) is 30.3 Å². The van der Waals surface area contributed by atoms with Gasteiger partial charge >= 0.3 is 0 Å². The minimum atomic E-state index is -0.0121. The van der Waals surface area contributed by atoms with Crippen LogP contribution in [0.4, 0.5) is 11.8 Å². The Morgan fingerprint density at radius 2 is 1.97 bits per heavy atom. The van der Waals surface area contributed by atoms with E-state index >= 15 is 0 Å². The van der Waals surface area contributed by atoms with Crippen LogP contribution in [0.5, 0.6) is 0 Å². The molecule has 1 saturated carbocycles. The van der Waals surface area contributed by atoms with Crippen molar-refractivity contribution in [1.29, 1.82) is 0 Å². The molecule has 0 radical (unpaired) electrons. The lowest BCUT2D eigenvalue weighted by molar-refractivity contribution is 0.0201. The lowest BCUT2D eigenvalue weighted by atomic mass is 10.1. The van der Waals surface area contributed by atoms with Crippen LogP contribution in [0.1, 0.15) is 12.8 Å². The first kappa shape index (κ1) is 17.3. The molecule has 9 heteroatoms. The van der Waals surface area contributed by atoms with Gasteiger partial charge in [-0.2, -0.15) is 15.1 Å². The molecule has 9 nitrogen and oxygen atoms in total. The highest BCUT2D eigenvalue weighted by Crippen LogP contribution is 2.42. The summed E-state index contributed by atoms with van der Waals surface area (Å²) >= 11 is 0. The summed E-state index contributed by atoms with van der Waals surface area (Å²) in [7, 11) is 0. The first-order valence-corrected chi connectivity index (χ1v) is 9.99. The molecule has 1 saturated heterocycles. The average Bonchev–Trinajstić information content (AvgIpc) is 3.28. The van der Waals surface area contributed by atoms with Gasteiger partial charge in [-0.05, 0) is 31.0 Å². The number of anilines is 2. The van der Waals surface area contributed by atoms with E-state index in [1.807, 2.05) is 36.4 Å². The number of aromatic amines is 1. The average molecular weight is 400 g/mol. The van der Waals surface area contributed by atoms with Crippen LogP contribution in [0.3, 0.4) is 0 Å². The van der Waals surface area contributed by atoms with Crippen molar-refractivity contribution in [1.82, 2.24) is 30.1 Å². The maximum atomic E-state index is 6.26. The smallest absolute Gasteiger partial charge is 0.229 e. The van der Waals surface area contributed by atoms with Gasteiger partial charge in [0.1, 0.15) is 12.1 Å². The summed E-state index contributed by atoms with van der Waals surface area (Å²) < 4.78 is 5.91. The van der Waals surface area contributed by atoms with Gasteiger partial charge in [-0.15, -0.1) is 0 Å². The van der Waals surface area contributed by atoms with Crippen molar-refractivity contribution in [3.63, 3.8) is 0 Å². The fourth-order valence-electron chi connectivity index (χ4n) is 3.95. The van der Waals surface area contributed by atoms with E-state index in [-0.39, 0.29) is 5.60 Å². The number of aromatic nitrogens is 6. The number of H-pyrrole nitrogens is 1. The standard InChI is InChI=1S/C21H20N8O/c22-17-15-4-5-16(13-2-1-3-14(10-13)18-23-12-24-28-18)25-19(15)27-20(26-17)29-8-9-30-21(11-29)6-7-21/h1-5,10,12H,6-9,11H2,(H,23,24,28)(H2,22,25,26,27). The number of hydrogen-bond donors (Lipinski definition) is 2. The number of ether oxygens (including phenoxy) is 1. The van der Waals surface area contributed by atoms with E-state index in [4.69, 9.17) is 20.4 Å². The molecular formula is C21H20N8O. The molecule has 1 aromatic carbocycles. The van der Waals surface area contributed by atoms with Crippen molar-refractivity contribution in [3.05, 3.63) is 42.7 Å². The summed E-state index contributed by atoms with van der Waals surface area (Å²) in [5, 5.41) is 7.57. The second-order valence-electron chi connectivity index (χ2n) is 7.84. The van der Waals surface area contributed by atoms with Crippen LogP contribution in [0.25, 0.3) is 33.7 Å². The Hall–Kier alpha value is -3.59. The van der Waals surface area contributed by atoms with Crippen LogP contribution in [0.15, 0.2) is 42.7 Å². The number of hydrogen-bond acceptors (Lipinski definition) is 8. The van der Waals surface area contributed by atoms with E-state index in [1.54, 1.807) is 0 Å². The molecule has 2 fully saturated rings. The van der Waals surface area contributed by atoms with Gasteiger partial charge in [-0.1, -0.05) is 18.2 Å². The highest BCUT2D eigenvalue weighted by Gasteiger charge is 2.48. The normalized spacial score (nSPS) is 17.5. The topological polar surface area (TPSA) is 119 Å². The third-order valence-corrected chi connectivity index (χ3v) is 5.76. The summed E-state index contributed by atoms with van der Waals surface area (Å²) in [5.74, 6) is 1.78. The molecule has 4 aromatic rings. The molecule has 1 aliphatic heterocycles. The highest BCUT2D eigenvalue weighted by molar-refractivity contribution is 5.88. The Labute approximate surface area is 172 Å². The molecule has 3 aromatic heterocycles. The largest absolute Gasteiger partial charge is 0.383 e. The van der Waals surface area contributed by atoms with Gasteiger partial charge in [0, 0.05) is 24.2 Å². The van der Waals surface area contributed by atoms with Gasteiger partial charge in [0.15, 0.2) is 11.5 Å². The first-order valence-electron chi connectivity index (χ1n) is 9.99. The summed E-state index contributed by atoms with van der Waals surface area (Å²) in [6.07, 6.45) is 3.68. The van der Waals surface area contributed by atoms with Crippen molar-refractivity contribution in [2.24, 2.45) is 0 Å². The van der Waals surface area contributed by atoms with Crippen LogP contribution in [-0.2, 0) is 4.74 Å². The molecule has 150 valence electrons. The van der Waals surface area contributed by atoms with Crippen LogP contribution in [0, 0.1) is 0 Å². The third-order valence-electron chi connectivity index (χ3n) is 5.76. The van der Waals surface area contributed by atoms with Crippen molar-refractivity contribution in [2.45, 2.75) is 18.4 Å². The van der Waals surface area contributed by atoms with E-state index in [1.165, 1.54) is 6.33 Å². The third kappa shape index (κ3) is 2.94. The Bertz CT molecular complexity index is 1240. The monoisotopic (exact) mass is 400 g/mol. The molecular weight excluding hydrogens is 380 g/mol. The molecule has 30 heavy (non-hydrogen) atoms. The Morgan fingerprint density at radius 3 is 2.80 bits per heavy atom. The zero-order valence-corrected chi connectivity index (χ0v) is 16.2. The predicted molar refractivity (Wildman–Crippen MR) is 113 cm³/mol. The Morgan fingerprint density at radius 1 is 1.07 bits per heavy atom. The Kier molecular flexibility index (Phi) is 3.72. The predicted octanol–water partition coefficient (Wildman–Crippen LogP) is 2.43. The van der Waals surface area contributed by atoms with Gasteiger partial charge in [-0.25, -0.2) is 9.97 Å². The number of morpholine rings is 1. The number of nitrogen functional groups attached to an aromatic ring is 1. The molecule has 0 unspecified atom stereocenters. The fraction of sp³-hybridized carbons (Fsp3) is 0.286. The maximum Gasteiger partial charge on any atom is 0.229 e. The second-order valence-corrected chi connectivity index (χ2v) is 7.84. The van der Waals surface area contributed by atoms with Crippen LogP contribution in [0.2, 0.25) is 0 Å². The van der Waals surface area contributed by atoms with Gasteiger partial charge in [-0.3, -0.25) is 5.10 Å². The quantitative estimate of drug-likeness (QED) is 0.538. The molecule has 4 heterocycles. The van der Waals surface area contributed by atoms with E-state index in [9.17, 15) is 0 Å². The van der Waals surface area contributed by atoms with Crippen LogP contribution < -0.4 is 10.6 Å². The van der Waals surface area contributed by atoms with Crippen molar-refractivity contribution < 1.29 is 4.74 Å².